The van der Waals surface area contributed by atoms with Crippen molar-refractivity contribution in [1.29, 1.82) is 0 Å². The monoisotopic (exact) mass is 1830 g/mol. The van der Waals surface area contributed by atoms with Crippen LogP contribution >= 0.6 is 0 Å². The van der Waals surface area contributed by atoms with E-state index >= 15 is 0 Å². The molecule has 5 aliphatic rings. The Kier molecular flexibility index (Phi) is 19.0. The Morgan fingerprint density at radius 3 is 1.04 bits per heavy atom. The Balaban J connectivity index is 0.0000000894. The third-order valence-corrected chi connectivity index (χ3v) is 34.1. The third-order valence-electron chi connectivity index (χ3n) is 34.1. The maximum Gasteiger partial charge on any atom is 0.145 e. The van der Waals surface area contributed by atoms with Gasteiger partial charge in [0.2, 0.25) is 0 Å². The lowest BCUT2D eigenvalue weighted by Gasteiger charge is -2.46. The fourth-order valence-electron chi connectivity index (χ4n) is 26.4. The molecule has 15 heterocycles. The first-order valence-electron chi connectivity index (χ1n) is 50.3. The maximum atomic E-state index is 5.04. The fourth-order valence-corrected chi connectivity index (χ4v) is 26.4. The van der Waals surface area contributed by atoms with E-state index in [0.29, 0.717) is 11.8 Å². The average molecular weight is 1830 g/mol. The third kappa shape index (κ3) is 11.9. The van der Waals surface area contributed by atoms with Crippen molar-refractivity contribution in [3.63, 3.8) is 0 Å². The number of hydrogen-bond acceptors (Lipinski definition) is 5. The Morgan fingerprint density at radius 2 is 0.563 bits per heavy atom. The van der Waals surface area contributed by atoms with Crippen LogP contribution in [0.5, 0.6) is 0 Å². The molecule has 4 atom stereocenters. The van der Waals surface area contributed by atoms with E-state index in [-0.39, 0.29) is 33.5 Å². The Hall–Kier alpha value is -16.4. The van der Waals surface area contributed by atoms with Crippen LogP contribution in [0.2, 0.25) is 0 Å². The molecule has 16 aromatic carbocycles. The highest BCUT2D eigenvalue weighted by molar-refractivity contribution is 6.19. The van der Waals surface area contributed by atoms with Crippen molar-refractivity contribution in [1.82, 2.24) is 46.9 Å². The summed E-state index contributed by atoms with van der Waals surface area (Å²) in [4.78, 5) is 24.6. The molecule has 0 bridgehead atoms. The number of nitrogens with zero attached hydrogens (tertiary/aromatic N) is 10. The van der Waals surface area contributed by atoms with Gasteiger partial charge in [-0.05, 0) is 163 Å². The molecule has 0 spiro atoms. The van der Waals surface area contributed by atoms with Crippen LogP contribution < -0.4 is 0 Å². The van der Waals surface area contributed by atoms with Crippen LogP contribution in [0.4, 0.5) is 0 Å². The van der Waals surface area contributed by atoms with Gasteiger partial charge in [0.1, 0.15) is 28.2 Å². The molecule has 0 N–H and O–H groups in total. The lowest BCUT2D eigenvalue weighted by atomic mass is 9.60. The quantitative estimate of drug-likeness (QED) is 0.155. The first-order valence-corrected chi connectivity index (χ1v) is 50.3. The highest BCUT2D eigenvalue weighted by atomic mass is 15.1. The second-order valence-corrected chi connectivity index (χ2v) is 41.6. The molecule has 0 saturated carbocycles. The molecule has 5 aliphatic heterocycles. The summed E-state index contributed by atoms with van der Waals surface area (Å²) in [6.07, 6.45) is 12.3. The van der Waals surface area contributed by atoms with Gasteiger partial charge in [-0.3, -0.25) is 22.0 Å². The van der Waals surface area contributed by atoms with Crippen molar-refractivity contribution < 1.29 is 0 Å². The molecule has 4 unspecified atom stereocenters. The largest absolute Gasteiger partial charge is 0.296 e. The van der Waals surface area contributed by atoms with E-state index in [4.69, 9.17) is 24.9 Å². The van der Waals surface area contributed by atoms with Gasteiger partial charge in [0.05, 0.1) is 56.0 Å². The summed E-state index contributed by atoms with van der Waals surface area (Å²) in [5.41, 5.74) is 39.5. The predicted molar refractivity (Wildman–Crippen MR) is 587 cm³/mol. The molecule has 0 amide bonds. The van der Waals surface area contributed by atoms with Crippen LogP contribution in [-0.2, 0) is 34.5 Å². The van der Waals surface area contributed by atoms with Gasteiger partial charge < -0.3 is 0 Å². The van der Waals surface area contributed by atoms with E-state index in [0.717, 1.165) is 41.1 Å². The Morgan fingerprint density at radius 1 is 0.239 bits per heavy atom. The van der Waals surface area contributed by atoms with Crippen LogP contribution in [-0.4, -0.2) is 46.9 Å². The molecule has 0 saturated heterocycles. The molecule has 26 aromatic rings. The van der Waals surface area contributed by atoms with Crippen LogP contribution in [0.3, 0.4) is 0 Å². The van der Waals surface area contributed by atoms with Crippen molar-refractivity contribution in [3.05, 3.63) is 512 Å². The summed E-state index contributed by atoms with van der Waals surface area (Å²) in [5.74, 6) is 1.45. The van der Waals surface area contributed by atoms with Gasteiger partial charge in [-0.25, -0.2) is 24.9 Å². The molecule has 10 nitrogen and oxygen atoms in total. The lowest BCUT2D eigenvalue weighted by molar-refractivity contribution is 0.288. The van der Waals surface area contributed by atoms with E-state index in [9.17, 15) is 0 Å². The van der Waals surface area contributed by atoms with Crippen molar-refractivity contribution >= 4 is 137 Å². The molecular weight excluding hydrogens is 1730 g/mol. The van der Waals surface area contributed by atoms with E-state index in [1.165, 1.54) is 226 Å². The number of imidazole rings is 5. The average Bonchev–Trinajstić information content (AvgIpc) is 1.47. The van der Waals surface area contributed by atoms with Crippen LogP contribution in [0.15, 0.2) is 395 Å². The Bertz CT molecular complexity index is 9640. The van der Waals surface area contributed by atoms with Crippen molar-refractivity contribution in [2.24, 2.45) is 0 Å². The van der Waals surface area contributed by atoms with Gasteiger partial charge in [0.15, 0.2) is 0 Å². The van der Waals surface area contributed by atoms with Crippen LogP contribution in [0, 0.1) is 34.6 Å². The summed E-state index contributed by atoms with van der Waals surface area (Å²) in [5, 5.41) is 19.4. The van der Waals surface area contributed by atoms with Gasteiger partial charge in [0.25, 0.3) is 0 Å². The van der Waals surface area contributed by atoms with E-state index < -0.39 is 0 Å². The van der Waals surface area contributed by atoms with E-state index in [2.05, 4.69) is 493 Å². The van der Waals surface area contributed by atoms with Gasteiger partial charge >= 0.3 is 0 Å². The predicted octanol–water partition coefficient (Wildman–Crippen LogP) is 31.6. The minimum atomic E-state index is -0.292. The molecule has 10 aromatic heterocycles. The first-order chi connectivity index (χ1) is 69.4. The molecule has 10 heteroatoms. The summed E-state index contributed by atoms with van der Waals surface area (Å²) in [7, 11) is 0. The number of rotatable bonds is 6. The molecular formula is C132H106N10. The van der Waals surface area contributed by atoms with Gasteiger partial charge in [-0.15, -0.1) is 0 Å². The highest BCUT2D eigenvalue weighted by Crippen LogP contribution is 2.57. The Labute approximate surface area is 824 Å². The number of pyridine rings is 5. The summed E-state index contributed by atoms with van der Waals surface area (Å²) in [6.45, 7) is 25.2. The second-order valence-electron chi connectivity index (χ2n) is 41.6. The fraction of sp³-hybridized carbons (Fsp3) is 0.159. The molecule has 0 aliphatic carbocycles. The molecule has 684 valence electrons. The zero-order valence-corrected chi connectivity index (χ0v) is 81.7. The number of aromatic nitrogens is 10. The molecule has 0 fully saturated rings. The van der Waals surface area contributed by atoms with E-state index in [1.807, 2.05) is 0 Å². The minimum absolute atomic E-state index is 0.0179. The number of hydrogen-bond donors (Lipinski definition) is 0. The van der Waals surface area contributed by atoms with Crippen molar-refractivity contribution in [2.45, 2.75) is 134 Å². The summed E-state index contributed by atoms with van der Waals surface area (Å²) < 4.78 is 12.1. The van der Waals surface area contributed by atoms with E-state index in [1.54, 1.807) is 0 Å². The standard InChI is InChI=1S/3C30H22N2.C22H22N2.C20H18N2/c1-20-16-17-21-18-30(22-10-4-2-5-11-22,23-12-6-3-7-13-23)26-19-31-29-25-15-9-8-14-24(25)27(20)28(21)32(26)29;1-20-16-17-26-28-27(20)24-14-8-9-15-25(24)29-31-19-23(32(28)29)18-30(26,21-10-4-2-5-11-21)22-12-6-3-7-13-22;1-19-16-17-24-27(20-10-4-2-5-11-20)28(21-12-6-3-7-13-21)25-18-31-30-23-15-9-8-14-22(23)26(19)29(24)32(25)30;1-13-10-11-16-19-18(13)14-8-6-7-9-15(14)20-23-12-17(24(19)20)22(4,5)21(16,2)3;1-11-8-9-14-12(2)13(3)17-10-21-20-16-7-5-4-6-15(16)18(11)19(14)22(17)20/h2*2-17,19H,18H2,1H3;2-18,27-28H,1H3;6-12H,1-5H3;4-10,12-13H,1-3H3. The normalized spacial score (nSPS) is 16.7. The zero-order chi connectivity index (χ0) is 95.7. The molecule has 31 rings (SSSR count). The highest BCUT2D eigenvalue weighted by Gasteiger charge is 2.49. The van der Waals surface area contributed by atoms with Gasteiger partial charge in [-0.2, -0.15) is 0 Å². The van der Waals surface area contributed by atoms with Crippen LogP contribution in [0.25, 0.3) is 137 Å². The second kappa shape index (κ2) is 31.8. The number of fused-ring (bicyclic) bond motifs is 15. The zero-order valence-electron chi connectivity index (χ0n) is 81.7. The van der Waals surface area contributed by atoms with Gasteiger partial charge in [-0.1, -0.05) is 406 Å². The topological polar surface area (TPSA) is 86.5 Å². The number of aryl methyl sites for hydroxylation is 5. The molecule has 142 heavy (non-hydrogen) atoms. The van der Waals surface area contributed by atoms with Crippen molar-refractivity contribution in [3.8, 4) is 0 Å². The minimum Gasteiger partial charge on any atom is -0.296 e. The van der Waals surface area contributed by atoms with Crippen LogP contribution in [0.1, 0.15) is 183 Å². The SMILES string of the molecule is Cc1ccc2c3c1c1ccccc1c1ncc(n13)C(C)(C)C2(C)C.Cc1ccc2c3c1c1ccccc1c1ncc(n13)C(C)C2C.Cc1ccc2c3c1c1ccccc1c1ncc(n13)C(c1ccccc1)(c1ccccc1)C2.Cc1ccc2c3c1c1ccccc1c1ncc(n13)C(c1ccccc1)C2c1ccccc1.Cc1ccc2c3c1c1ccccc1c1ncc(n13)CC2(c1ccccc1)c1ccccc1. The summed E-state index contributed by atoms with van der Waals surface area (Å²) >= 11 is 0. The maximum absolute atomic E-state index is 5.04. The number of benzene rings is 16. The lowest BCUT2D eigenvalue weighted by Crippen LogP contribution is -2.44. The first kappa shape index (κ1) is 84.8. The van der Waals surface area contributed by atoms with Gasteiger partial charge in [0, 0.05) is 131 Å². The smallest absolute Gasteiger partial charge is 0.145 e. The van der Waals surface area contributed by atoms with Crippen molar-refractivity contribution in [2.75, 3.05) is 0 Å². The summed E-state index contributed by atoms with van der Waals surface area (Å²) in [6, 6.07) is 132. The molecule has 0 radical (unpaired) electrons.